The lowest BCUT2D eigenvalue weighted by Crippen LogP contribution is -2.48. The van der Waals surface area contributed by atoms with Crippen molar-refractivity contribution in [2.24, 2.45) is 0 Å². The highest BCUT2D eigenvalue weighted by Gasteiger charge is 2.36. The van der Waals surface area contributed by atoms with Gasteiger partial charge in [-0.25, -0.2) is 0 Å². The van der Waals surface area contributed by atoms with E-state index in [0.29, 0.717) is 5.92 Å². The Morgan fingerprint density at radius 3 is 2.44 bits per heavy atom. The summed E-state index contributed by atoms with van der Waals surface area (Å²) < 4.78 is 0. The van der Waals surface area contributed by atoms with Crippen molar-refractivity contribution >= 4 is 5.69 Å². The Kier molecular flexibility index (Phi) is 3.93. The van der Waals surface area contributed by atoms with Gasteiger partial charge in [-0.3, -0.25) is 0 Å². The molecule has 1 aliphatic heterocycles. The number of nitrogens with one attached hydrogen (secondary N) is 1. The third kappa shape index (κ3) is 2.52. The van der Waals surface area contributed by atoms with Crippen molar-refractivity contribution in [3.05, 3.63) is 29.8 Å². The van der Waals surface area contributed by atoms with Crippen molar-refractivity contribution in [2.45, 2.75) is 31.7 Å². The molecular formula is C15H24N2O. The third-order valence-corrected chi connectivity index (χ3v) is 4.11. The molecule has 1 atom stereocenters. The van der Waals surface area contributed by atoms with E-state index in [0.717, 1.165) is 19.5 Å². The number of nitrogens with zero attached hydrogens (tertiary/aromatic N) is 1. The first-order valence-electron chi connectivity index (χ1n) is 6.75. The van der Waals surface area contributed by atoms with Gasteiger partial charge in [-0.2, -0.15) is 0 Å². The normalized spacial score (nSPS) is 23.9. The summed E-state index contributed by atoms with van der Waals surface area (Å²) >= 11 is 0. The molecule has 1 aromatic carbocycles. The second-order valence-electron chi connectivity index (χ2n) is 5.61. The highest BCUT2D eigenvalue weighted by molar-refractivity contribution is 5.49. The first-order chi connectivity index (χ1) is 8.60. The highest BCUT2D eigenvalue weighted by atomic mass is 16.3. The van der Waals surface area contributed by atoms with Gasteiger partial charge in [0.2, 0.25) is 0 Å². The summed E-state index contributed by atoms with van der Waals surface area (Å²) in [5.74, 6) is 0.575. The molecule has 3 heteroatoms. The van der Waals surface area contributed by atoms with Gasteiger partial charge in [-0.1, -0.05) is 26.0 Å². The number of aliphatic hydroxyl groups excluding tert-OH is 1. The van der Waals surface area contributed by atoms with Gasteiger partial charge in [0.05, 0.1) is 12.1 Å². The average Bonchev–Trinajstić information content (AvgIpc) is 2.84. The molecule has 100 valence electrons. The summed E-state index contributed by atoms with van der Waals surface area (Å²) in [6.07, 6.45) is 0.992. The van der Waals surface area contributed by atoms with Crippen molar-refractivity contribution in [3.63, 3.8) is 0 Å². The molecular weight excluding hydrogens is 224 g/mol. The Bertz CT molecular complexity index is 382. The van der Waals surface area contributed by atoms with E-state index in [1.165, 1.54) is 11.3 Å². The molecule has 18 heavy (non-hydrogen) atoms. The number of anilines is 1. The number of aliphatic hydroxyl groups is 1. The van der Waals surface area contributed by atoms with E-state index < -0.39 is 0 Å². The van der Waals surface area contributed by atoms with Crippen LogP contribution in [0, 0.1) is 0 Å². The predicted molar refractivity (Wildman–Crippen MR) is 76.2 cm³/mol. The van der Waals surface area contributed by atoms with E-state index in [1.54, 1.807) is 0 Å². The SMILES string of the molecule is CNC1(CO)CCN(c2ccc(C(C)C)cc2)C1. The topological polar surface area (TPSA) is 35.5 Å². The van der Waals surface area contributed by atoms with Crippen LogP contribution in [0.4, 0.5) is 5.69 Å². The molecule has 3 nitrogen and oxygen atoms in total. The largest absolute Gasteiger partial charge is 0.394 e. The summed E-state index contributed by atoms with van der Waals surface area (Å²) in [7, 11) is 1.93. The van der Waals surface area contributed by atoms with Crippen molar-refractivity contribution in [3.8, 4) is 0 Å². The highest BCUT2D eigenvalue weighted by Crippen LogP contribution is 2.27. The summed E-state index contributed by atoms with van der Waals surface area (Å²) in [5.41, 5.74) is 2.50. The molecule has 0 aromatic heterocycles. The zero-order chi connectivity index (χ0) is 13.2. The minimum Gasteiger partial charge on any atom is -0.394 e. The fourth-order valence-electron chi connectivity index (χ4n) is 2.58. The molecule has 1 aromatic rings. The number of benzene rings is 1. The monoisotopic (exact) mass is 248 g/mol. The fourth-order valence-corrected chi connectivity index (χ4v) is 2.58. The molecule has 1 unspecified atom stereocenters. The maximum Gasteiger partial charge on any atom is 0.0631 e. The molecule has 0 saturated carbocycles. The quantitative estimate of drug-likeness (QED) is 0.855. The van der Waals surface area contributed by atoms with Crippen LogP contribution in [0.2, 0.25) is 0 Å². The van der Waals surface area contributed by atoms with Crippen LogP contribution in [0.5, 0.6) is 0 Å². The second kappa shape index (κ2) is 5.29. The van der Waals surface area contributed by atoms with Gasteiger partial charge in [0.1, 0.15) is 0 Å². The molecule has 0 amide bonds. The van der Waals surface area contributed by atoms with Gasteiger partial charge in [0.15, 0.2) is 0 Å². The smallest absolute Gasteiger partial charge is 0.0631 e. The summed E-state index contributed by atoms with van der Waals surface area (Å²) in [5, 5.41) is 12.8. The fraction of sp³-hybridized carbons (Fsp3) is 0.600. The van der Waals surface area contributed by atoms with Crippen molar-refractivity contribution in [1.82, 2.24) is 5.32 Å². The van der Waals surface area contributed by atoms with Crippen LogP contribution in [-0.4, -0.2) is 37.4 Å². The minimum absolute atomic E-state index is 0.128. The molecule has 0 spiro atoms. The number of hydrogen-bond donors (Lipinski definition) is 2. The Hall–Kier alpha value is -1.06. The lowest BCUT2D eigenvalue weighted by atomic mass is 10.0. The molecule has 1 heterocycles. The van der Waals surface area contributed by atoms with Gasteiger partial charge in [0.25, 0.3) is 0 Å². The van der Waals surface area contributed by atoms with E-state index in [4.69, 9.17) is 0 Å². The van der Waals surface area contributed by atoms with E-state index in [2.05, 4.69) is 48.3 Å². The predicted octanol–water partition coefficient (Wildman–Crippen LogP) is 1.97. The molecule has 0 radical (unpaired) electrons. The molecule has 1 saturated heterocycles. The van der Waals surface area contributed by atoms with E-state index in [9.17, 15) is 5.11 Å². The van der Waals surface area contributed by atoms with Gasteiger partial charge in [-0.15, -0.1) is 0 Å². The van der Waals surface area contributed by atoms with Crippen LogP contribution in [0.25, 0.3) is 0 Å². The zero-order valence-corrected chi connectivity index (χ0v) is 11.6. The Balaban J connectivity index is 2.09. The Labute approximate surface area is 110 Å². The molecule has 1 aliphatic rings. The third-order valence-electron chi connectivity index (χ3n) is 4.11. The van der Waals surface area contributed by atoms with E-state index in [1.807, 2.05) is 7.05 Å². The van der Waals surface area contributed by atoms with Crippen LogP contribution in [0.1, 0.15) is 31.7 Å². The van der Waals surface area contributed by atoms with Gasteiger partial charge >= 0.3 is 0 Å². The van der Waals surface area contributed by atoms with Crippen molar-refractivity contribution < 1.29 is 5.11 Å². The van der Waals surface area contributed by atoms with Crippen LogP contribution in [0.3, 0.4) is 0 Å². The summed E-state index contributed by atoms with van der Waals surface area (Å²) in [6, 6.07) is 8.80. The van der Waals surface area contributed by atoms with Crippen LogP contribution in [-0.2, 0) is 0 Å². The van der Waals surface area contributed by atoms with E-state index >= 15 is 0 Å². The molecule has 0 aliphatic carbocycles. The standard InChI is InChI=1S/C15H24N2O/c1-12(2)13-4-6-14(7-5-13)17-9-8-15(10-17,11-18)16-3/h4-7,12,16,18H,8-11H2,1-3H3. The molecule has 1 fully saturated rings. The lowest BCUT2D eigenvalue weighted by Gasteiger charge is -2.27. The van der Waals surface area contributed by atoms with Gasteiger partial charge in [0, 0.05) is 18.8 Å². The van der Waals surface area contributed by atoms with Gasteiger partial charge in [-0.05, 0) is 37.1 Å². The maximum atomic E-state index is 9.51. The average molecular weight is 248 g/mol. The zero-order valence-electron chi connectivity index (χ0n) is 11.6. The molecule has 0 bridgehead atoms. The number of hydrogen-bond acceptors (Lipinski definition) is 3. The number of likely N-dealkylation sites (N-methyl/N-ethyl adjacent to an activating group) is 1. The van der Waals surface area contributed by atoms with Crippen LogP contribution < -0.4 is 10.2 Å². The lowest BCUT2D eigenvalue weighted by molar-refractivity contribution is 0.184. The Morgan fingerprint density at radius 2 is 2.00 bits per heavy atom. The second-order valence-corrected chi connectivity index (χ2v) is 5.61. The Morgan fingerprint density at radius 1 is 1.33 bits per heavy atom. The van der Waals surface area contributed by atoms with Crippen molar-refractivity contribution in [2.75, 3.05) is 31.6 Å². The van der Waals surface area contributed by atoms with Crippen LogP contribution >= 0.6 is 0 Å². The van der Waals surface area contributed by atoms with E-state index in [-0.39, 0.29) is 12.1 Å². The summed E-state index contributed by atoms with van der Waals surface area (Å²) in [4.78, 5) is 2.34. The number of rotatable bonds is 4. The first-order valence-corrected chi connectivity index (χ1v) is 6.75. The van der Waals surface area contributed by atoms with Crippen LogP contribution in [0.15, 0.2) is 24.3 Å². The molecule has 2 rings (SSSR count). The summed E-state index contributed by atoms with van der Waals surface area (Å²) in [6.45, 7) is 6.50. The maximum absolute atomic E-state index is 9.51. The van der Waals surface area contributed by atoms with Gasteiger partial charge < -0.3 is 15.3 Å². The van der Waals surface area contributed by atoms with Crippen molar-refractivity contribution in [1.29, 1.82) is 0 Å². The first kappa shape index (κ1) is 13.4. The minimum atomic E-state index is -0.128. The molecule has 2 N–H and O–H groups in total.